The average molecular weight is 517 g/mol. The highest BCUT2D eigenvalue weighted by Gasteiger charge is 2.29. The molecule has 1 saturated heterocycles. The van der Waals surface area contributed by atoms with Crippen molar-refractivity contribution in [1.29, 1.82) is 0 Å². The van der Waals surface area contributed by atoms with E-state index in [0.717, 1.165) is 41.5 Å². The van der Waals surface area contributed by atoms with E-state index in [-0.39, 0.29) is 23.8 Å². The summed E-state index contributed by atoms with van der Waals surface area (Å²) >= 11 is 0. The Labute approximate surface area is 219 Å². The number of nitrogens with zero attached hydrogens (tertiary/aromatic N) is 2. The van der Waals surface area contributed by atoms with Gasteiger partial charge in [0.05, 0.1) is 29.5 Å². The van der Waals surface area contributed by atoms with Crippen LogP contribution in [0.5, 0.6) is 17.2 Å². The van der Waals surface area contributed by atoms with E-state index < -0.39 is 6.10 Å². The predicted molar refractivity (Wildman–Crippen MR) is 140 cm³/mol. The largest absolute Gasteiger partial charge is 0.486 e. The second-order valence-electron chi connectivity index (χ2n) is 9.64. The van der Waals surface area contributed by atoms with E-state index in [1.807, 2.05) is 43.3 Å². The van der Waals surface area contributed by atoms with Crippen molar-refractivity contribution in [1.82, 2.24) is 20.4 Å². The first kappa shape index (κ1) is 24.2. The third-order valence-corrected chi connectivity index (χ3v) is 6.97. The van der Waals surface area contributed by atoms with Gasteiger partial charge in [-0.2, -0.15) is 5.10 Å². The minimum absolute atomic E-state index is 0.0304. The van der Waals surface area contributed by atoms with Gasteiger partial charge in [0.2, 0.25) is 5.91 Å². The fourth-order valence-corrected chi connectivity index (χ4v) is 5.02. The molecule has 38 heavy (non-hydrogen) atoms. The SMILES string of the molecule is C[C@H](NC(=O)[C@@H]1CCCN1)[C@H](Oc1ccc2c(cnn2-c2ccc(F)cc2)c1)c1ccc2c(c1)OCCO2. The van der Waals surface area contributed by atoms with Crippen LogP contribution >= 0.6 is 0 Å². The molecule has 2 aliphatic heterocycles. The smallest absolute Gasteiger partial charge is 0.237 e. The number of hydrogen-bond donors (Lipinski definition) is 2. The van der Waals surface area contributed by atoms with Gasteiger partial charge in [-0.25, -0.2) is 9.07 Å². The lowest BCUT2D eigenvalue weighted by Gasteiger charge is -2.28. The second kappa shape index (κ2) is 10.3. The number of halogens is 1. The lowest BCUT2D eigenvalue weighted by molar-refractivity contribution is -0.124. The van der Waals surface area contributed by atoms with Crippen molar-refractivity contribution in [3.05, 3.63) is 78.2 Å². The van der Waals surface area contributed by atoms with Crippen LogP contribution in [0.2, 0.25) is 0 Å². The molecule has 0 saturated carbocycles. The first-order valence-electron chi connectivity index (χ1n) is 12.9. The molecule has 6 rings (SSSR count). The third kappa shape index (κ3) is 4.89. The van der Waals surface area contributed by atoms with Crippen molar-refractivity contribution < 1.29 is 23.4 Å². The Morgan fingerprint density at radius 2 is 1.92 bits per heavy atom. The van der Waals surface area contributed by atoms with Crippen LogP contribution in [0.1, 0.15) is 31.4 Å². The van der Waals surface area contributed by atoms with Crippen molar-refractivity contribution in [2.24, 2.45) is 0 Å². The molecule has 0 radical (unpaired) electrons. The summed E-state index contributed by atoms with van der Waals surface area (Å²) < 4.78 is 33.2. The van der Waals surface area contributed by atoms with Gasteiger partial charge in [-0.1, -0.05) is 6.07 Å². The summed E-state index contributed by atoms with van der Waals surface area (Å²) in [4.78, 5) is 12.9. The molecular weight excluding hydrogens is 487 g/mol. The molecule has 8 nitrogen and oxygen atoms in total. The summed E-state index contributed by atoms with van der Waals surface area (Å²) in [5, 5.41) is 11.8. The number of fused-ring (bicyclic) bond motifs is 2. The maximum atomic E-state index is 13.4. The highest BCUT2D eigenvalue weighted by atomic mass is 19.1. The van der Waals surface area contributed by atoms with E-state index in [4.69, 9.17) is 14.2 Å². The second-order valence-corrected chi connectivity index (χ2v) is 9.64. The predicted octanol–water partition coefficient (Wildman–Crippen LogP) is 4.31. The molecule has 9 heteroatoms. The number of carbonyl (C=O) groups excluding carboxylic acids is 1. The molecule has 4 aromatic rings. The van der Waals surface area contributed by atoms with E-state index >= 15 is 0 Å². The molecule has 2 aliphatic rings. The molecule has 0 aliphatic carbocycles. The quantitative estimate of drug-likeness (QED) is 0.381. The topological polar surface area (TPSA) is 86.6 Å². The monoisotopic (exact) mass is 516 g/mol. The van der Waals surface area contributed by atoms with Crippen LogP contribution in [-0.4, -0.2) is 47.5 Å². The standard InChI is InChI=1S/C29H29FN4O4/c1-18(33-29(35)24-3-2-12-31-24)28(19-4-11-26-27(16-19)37-14-13-36-26)38-23-9-10-25-20(15-23)17-32-34(25)22-7-5-21(30)6-8-22/h4-11,15-18,24,28,31H,2-3,12-14H2,1H3,(H,33,35)/t18-,24-,28-/m0/s1. The maximum absolute atomic E-state index is 13.4. The molecule has 1 aromatic heterocycles. The van der Waals surface area contributed by atoms with E-state index in [1.165, 1.54) is 12.1 Å². The zero-order valence-corrected chi connectivity index (χ0v) is 21.0. The van der Waals surface area contributed by atoms with Crippen molar-refractivity contribution in [3.8, 4) is 22.9 Å². The van der Waals surface area contributed by atoms with Gasteiger partial charge in [0, 0.05) is 5.39 Å². The minimum Gasteiger partial charge on any atom is -0.486 e. The normalized spacial score (nSPS) is 18.2. The first-order valence-corrected chi connectivity index (χ1v) is 12.9. The van der Waals surface area contributed by atoms with Crippen molar-refractivity contribution in [2.45, 2.75) is 38.0 Å². The average Bonchev–Trinajstić information content (AvgIpc) is 3.62. The molecule has 1 amide bonds. The van der Waals surface area contributed by atoms with Crippen molar-refractivity contribution in [2.75, 3.05) is 19.8 Å². The maximum Gasteiger partial charge on any atom is 0.237 e. The number of benzene rings is 3. The number of hydrogen-bond acceptors (Lipinski definition) is 6. The van der Waals surface area contributed by atoms with Crippen LogP contribution in [0.4, 0.5) is 4.39 Å². The van der Waals surface area contributed by atoms with Crippen molar-refractivity contribution in [3.63, 3.8) is 0 Å². The van der Waals surface area contributed by atoms with Crippen LogP contribution < -0.4 is 24.8 Å². The summed E-state index contributed by atoms with van der Waals surface area (Å²) in [5.41, 5.74) is 2.50. The van der Waals surface area contributed by atoms with E-state index in [9.17, 15) is 9.18 Å². The molecule has 0 spiro atoms. The van der Waals surface area contributed by atoms with Crippen LogP contribution in [0.15, 0.2) is 66.9 Å². The Morgan fingerprint density at radius 1 is 1.11 bits per heavy atom. The summed E-state index contributed by atoms with van der Waals surface area (Å²) in [5.74, 6) is 1.67. The number of amides is 1. The van der Waals surface area contributed by atoms with Gasteiger partial charge >= 0.3 is 0 Å². The van der Waals surface area contributed by atoms with Gasteiger partial charge in [-0.15, -0.1) is 0 Å². The van der Waals surface area contributed by atoms with Crippen LogP contribution in [0, 0.1) is 5.82 Å². The van der Waals surface area contributed by atoms with Gasteiger partial charge in [0.15, 0.2) is 11.5 Å². The molecule has 3 atom stereocenters. The van der Waals surface area contributed by atoms with Gasteiger partial charge < -0.3 is 24.8 Å². The summed E-state index contributed by atoms with van der Waals surface area (Å²) in [6, 6.07) is 17.1. The van der Waals surface area contributed by atoms with Crippen molar-refractivity contribution >= 4 is 16.8 Å². The van der Waals surface area contributed by atoms with E-state index in [0.29, 0.717) is 30.5 Å². The molecule has 3 aromatic carbocycles. The third-order valence-electron chi connectivity index (χ3n) is 6.97. The number of aromatic nitrogens is 2. The Balaban J connectivity index is 1.29. The Morgan fingerprint density at radius 3 is 2.71 bits per heavy atom. The Bertz CT molecular complexity index is 1450. The number of carbonyl (C=O) groups is 1. The fourth-order valence-electron chi connectivity index (χ4n) is 5.02. The molecule has 1 fully saturated rings. The Kier molecular flexibility index (Phi) is 6.59. The number of rotatable bonds is 7. The summed E-state index contributed by atoms with van der Waals surface area (Å²) in [7, 11) is 0. The molecule has 196 valence electrons. The number of nitrogens with one attached hydrogen (secondary N) is 2. The van der Waals surface area contributed by atoms with Gasteiger partial charge in [0.1, 0.15) is 30.9 Å². The van der Waals surface area contributed by atoms with Gasteiger partial charge in [-0.05, 0) is 86.5 Å². The van der Waals surface area contributed by atoms with E-state index in [1.54, 1.807) is 23.0 Å². The molecule has 0 unspecified atom stereocenters. The van der Waals surface area contributed by atoms with E-state index in [2.05, 4.69) is 15.7 Å². The molecule has 3 heterocycles. The minimum atomic E-state index is -0.485. The zero-order valence-electron chi connectivity index (χ0n) is 21.0. The van der Waals surface area contributed by atoms with Crippen LogP contribution in [0.25, 0.3) is 16.6 Å². The summed E-state index contributed by atoms with van der Waals surface area (Å²) in [6.07, 6.45) is 3.07. The molecule has 2 N–H and O–H groups in total. The molecule has 0 bridgehead atoms. The fraction of sp³-hybridized carbons (Fsp3) is 0.310. The molecular formula is C29H29FN4O4. The van der Waals surface area contributed by atoms with Gasteiger partial charge in [-0.3, -0.25) is 4.79 Å². The highest BCUT2D eigenvalue weighted by Crippen LogP contribution is 2.36. The van der Waals surface area contributed by atoms with Crippen LogP contribution in [-0.2, 0) is 4.79 Å². The Hall–Kier alpha value is -4.11. The number of ether oxygens (including phenoxy) is 3. The highest BCUT2D eigenvalue weighted by molar-refractivity contribution is 5.83. The van der Waals surface area contributed by atoms with Crippen LogP contribution in [0.3, 0.4) is 0 Å². The van der Waals surface area contributed by atoms with Gasteiger partial charge in [0.25, 0.3) is 0 Å². The summed E-state index contributed by atoms with van der Waals surface area (Å²) in [6.45, 7) is 3.79. The zero-order chi connectivity index (χ0) is 26.1. The lowest BCUT2D eigenvalue weighted by atomic mass is 10.0. The first-order chi connectivity index (χ1) is 18.5. The lowest BCUT2D eigenvalue weighted by Crippen LogP contribution is -2.47.